The molecular weight excluding hydrogens is 224 g/mol. The van der Waals surface area contributed by atoms with E-state index in [0.717, 1.165) is 30.2 Å². The zero-order chi connectivity index (χ0) is 12.1. The van der Waals surface area contributed by atoms with Crippen molar-refractivity contribution in [3.8, 4) is 0 Å². The highest BCUT2D eigenvalue weighted by Gasteiger charge is 2.12. The Morgan fingerprint density at radius 2 is 2.25 bits per heavy atom. The normalized spacial score (nSPS) is 13.4. The zero-order valence-corrected chi connectivity index (χ0v) is 11.0. The number of rotatable bonds is 6. The largest absolute Gasteiger partial charge is 0.330 e. The van der Waals surface area contributed by atoms with Crippen molar-refractivity contribution in [3.63, 3.8) is 0 Å². The molecule has 0 aliphatic rings. The van der Waals surface area contributed by atoms with E-state index in [4.69, 9.17) is 17.3 Å². The molecule has 0 amide bonds. The van der Waals surface area contributed by atoms with Gasteiger partial charge in [0.15, 0.2) is 0 Å². The van der Waals surface area contributed by atoms with Gasteiger partial charge in [-0.2, -0.15) is 5.10 Å². The van der Waals surface area contributed by atoms with Crippen LogP contribution in [-0.2, 0) is 13.0 Å². The lowest BCUT2D eigenvalue weighted by Crippen LogP contribution is -2.22. The molecule has 0 aromatic carbocycles. The molecule has 0 saturated heterocycles. The quantitative estimate of drug-likeness (QED) is 0.819. The molecule has 0 aliphatic heterocycles. The molecular formula is C11H21ClN4. The van der Waals surface area contributed by atoms with Crippen molar-refractivity contribution in [1.29, 1.82) is 0 Å². The summed E-state index contributed by atoms with van der Waals surface area (Å²) in [5.74, 6) is 0.437. The van der Waals surface area contributed by atoms with Crippen molar-refractivity contribution in [2.24, 2.45) is 11.7 Å². The average Bonchev–Trinajstić information content (AvgIpc) is 2.57. The van der Waals surface area contributed by atoms with E-state index in [1.165, 1.54) is 0 Å². The van der Waals surface area contributed by atoms with Crippen LogP contribution in [0.15, 0.2) is 6.20 Å². The monoisotopic (exact) mass is 244 g/mol. The number of hydrogen-bond donors (Lipinski definition) is 1. The van der Waals surface area contributed by atoms with E-state index in [0.29, 0.717) is 12.5 Å². The van der Waals surface area contributed by atoms with E-state index >= 15 is 0 Å². The lowest BCUT2D eigenvalue weighted by atomic mass is 10.1. The third-order valence-corrected chi connectivity index (χ3v) is 2.92. The maximum absolute atomic E-state index is 6.12. The first-order valence-electron chi connectivity index (χ1n) is 5.59. The van der Waals surface area contributed by atoms with Crippen molar-refractivity contribution >= 4 is 11.6 Å². The number of hydrogen-bond acceptors (Lipinski definition) is 3. The van der Waals surface area contributed by atoms with Gasteiger partial charge in [-0.15, -0.1) is 0 Å². The maximum Gasteiger partial charge on any atom is 0.0817 e. The molecule has 16 heavy (non-hydrogen) atoms. The number of halogens is 1. The van der Waals surface area contributed by atoms with Gasteiger partial charge in [0.25, 0.3) is 0 Å². The molecule has 1 unspecified atom stereocenters. The standard InChI is InChI=1S/C11H21ClN4/c1-9(7-13)6-11-10(12)8-14-16(11)5-4-15(2)3/h8-9H,4-7,13H2,1-3H3. The van der Waals surface area contributed by atoms with Crippen molar-refractivity contribution in [3.05, 3.63) is 16.9 Å². The van der Waals surface area contributed by atoms with E-state index in [1.54, 1.807) is 6.20 Å². The van der Waals surface area contributed by atoms with Gasteiger partial charge in [-0.1, -0.05) is 18.5 Å². The molecule has 0 spiro atoms. The molecule has 0 aliphatic carbocycles. The fourth-order valence-electron chi connectivity index (χ4n) is 1.49. The van der Waals surface area contributed by atoms with Crippen LogP contribution in [0.2, 0.25) is 5.02 Å². The first-order valence-corrected chi connectivity index (χ1v) is 5.97. The molecule has 2 N–H and O–H groups in total. The van der Waals surface area contributed by atoms with Gasteiger partial charge in [-0.3, -0.25) is 4.68 Å². The number of nitrogens with two attached hydrogens (primary N) is 1. The smallest absolute Gasteiger partial charge is 0.0817 e. The van der Waals surface area contributed by atoms with E-state index in [-0.39, 0.29) is 0 Å². The number of aromatic nitrogens is 2. The molecule has 0 radical (unpaired) electrons. The highest BCUT2D eigenvalue weighted by atomic mass is 35.5. The van der Waals surface area contributed by atoms with Gasteiger partial charge in [0, 0.05) is 6.54 Å². The lowest BCUT2D eigenvalue weighted by Gasteiger charge is -2.14. The van der Waals surface area contributed by atoms with Gasteiger partial charge >= 0.3 is 0 Å². The first kappa shape index (κ1) is 13.5. The van der Waals surface area contributed by atoms with Crippen molar-refractivity contribution in [1.82, 2.24) is 14.7 Å². The summed E-state index contributed by atoms with van der Waals surface area (Å²) in [6.45, 7) is 4.63. The van der Waals surface area contributed by atoms with Crippen molar-refractivity contribution in [2.75, 3.05) is 27.2 Å². The molecule has 5 heteroatoms. The van der Waals surface area contributed by atoms with Crippen molar-refractivity contribution < 1.29 is 0 Å². The van der Waals surface area contributed by atoms with Gasteiger partial charge in [0.05, 0.1) is 23.5 Å². The van der Waals surface area contributed by atoms with Crippen LogP contribution >= 0.6 is 11.6 Å². The molecule has 1 aromatic heterocycles. The van der Waals surface area contributed by atoms with Crippen molar-refractivity contribution in [2.45, 2.75) is 19.9 Å². The Hall–Kier alpha value is -0.580. The third-order valence-electron chi connectivity index (χ3n) is 2.60. The second kappa shape index (κ2) is 6.23. The summed E-state index contributed by atoms with van der Waals surface area (Å²) in [4.78, 5) is 2.13. The summed E-state index contributed by atoms with van der Waals surface area (Å²) < 4.78 is 1.98. The summed E-state index contributed by atoms with van der Waals surface area (Å²) in [6.07, 6.45) is 2.61. The molecule has 1 heterocycles. The number of likely N-dealkylation sites (N-methyl/N-ethyl adjacent to an activating group) is 1. The summed E-state index contributed by atoms with van der Waals surface area (Å²) in [5, 5.41) is 5.04. The number of nitrogens with zero attached hydrogens (tertiary/aromatic N) is 3. The van der Waals surface area contributed by atoms with Crippen LogP contribution in [0.3, 0.4) is 0 Å². The lowest BCUT2D eigenvalue weighted by molar-refractivity contribution is 0.367. The van der Waals surface area contributed by atoms with Gasteiger partial charge < -0.3 is 10.6 Å². The van der Waals surface area contributed by atoms with Gasteiger partial charge in [-0.25, -0.2) is 0 Å². The fraction of sp³-hybridized carbons (Fsp3) is 0.727. The summed E-state index contributed by atoms with van der Waals surface area (Å²) in [5.41, 5.74) is 6.73. The van der Waals surface area contributed by atoms with Gasteiger partial charge in [-0.05, 0) is 33.0 Å². The van der Waals surface area contributed by atoms with Crippen LogP contribution in [0, 0.1) is 5.92 Å². The Kier molecular flexibility index (Phi) is 5.25. The van der Waals surface area contributed by atoms with E-state index in [2.05, 4.69) is 16.9 Å². The molecule has 0 saturated carbocycles. The summed E-state index contributed by atoms with van der Waals surface area (Å²) in [7, 11) is 4.10. The van der Waals surface area contributed by atoms with Crippen LogP contribution in [0.1, 0.15) is 12.6 Å². The summed E-state index contributed by atoms with van der Waals surface area (Å²) >= 11 is 6.12. The van der Waals surface area contributed by atoms with Crippen LogP contribution in [0.5, 0.6) is 0 Å². The highest BCUT2D eigenvalue weighted by Crippen LogP contribution is 2.18. The second-order valence-electron chi connectivity index (χ2n) is 4.51. The van der Waals surface area contributed by atoms with Crippen LogP contribution < -0.4 is 5.73 Å². The predicted molar refractivity (Wildman–Crippen MR) is 67.7 cm³/mol. The Morgan fingerprint density at radius 1 is 1.56 bits per heavy atom. The predicted octanol–water partition coefficient (Wildman–Crippen LogP) is 1.24. The third kappa shape index (κ3) is 3.77. The average molecular weight is 245 g/mol. The minimum absolute atomic E-state index is 0.437. The topological polar surface area (TPSA) is 47.1 Å². The van der Waals surface area contributed by atoms with Crippen LogP contribution in [-0.4, -0.2) is 41.9 Å². The van der Waals surface area contributed by atoms with E-state index in [9.17, 15) is 0 Å². The zero-order valence-electron chi connectivity index (χ0n) is 10.3. The first-order chi connectivity index (χ1) is 7.54. The second-order valence-corrected chi connectivity index (χ2v) is 4.92. The Bertz CT molecular complexity index is 322. The fourth-order valence-corrected chi connectivity index (χ4v) is 1.71. The van der Waals surface area contributed by atoms with E-state index < -0.39 is 0 Å². The van der Waals surface area contributed by atoms with Gasteiger partial charge in [0.2, 0.25) is 0 Å². The Morgan fingerprint density at radius 3 is 2.81 bits per heavy atom. The Balaban J connectivity index is 2.69. The van der Waals surface area contributed by atoms with Gasteiger partial charge in [0.1, 0.15) is 0 Å². The molecule has 1 aromatic rings. The van der Waals surface area contributed by atoms with Crippen LogP contribution in [0.4, 0.5) is 0 Å². The molecule has 4 nitrogen and oxygen atoms in total. The molecule has 0 fully saturated rings. The summed E-state index contributed by atoms with van der Waals surface area (Å²) in [6, 6.07) is 0. The SMILES string of the molecule is CC(CN)Cc1c(Cl)cnn1CCN(C)C. The highest BCUT2D eigenvalue weighted by molar-refractivity contribution is 6.31. The molecule has 1 atom stereocenters. The molecule has 92 valence electrons. The minimum atomic E-state index is 0.437. The van der Waals surface area contributed by atoms with Crippen LogP contribution in [0.25, 0.3) is 0 Å². The molecule has 0 bridgehead atoms. The maximum atomic E-state index is 6.12. The Labute approximate surface area is 102 Å². The minimum Gasteiger partial charge on any atom is -0.330 e. The van der Waals surface area contributed by atoms with E-state index in [1.807, 2.05) is 18.8 Å². The molecule has 1 rings (SSSR count).